The summed E-state index contributed by atoms with van der Waals surface area (Å²) in [5.74, 6) is 9.85. The second kappa shape index (κ2) is 10.1. The Kier molecular flexibility index (Phi) is 7.22. The smallest absolute Gasteiger partial charge is 0.119 e. The van der Waals surface area contributed by atoms with E-state index in [-0.39, 0.29) is 0 Å². The van der Waals surface area contributed by atoms with Crippen molar-refractivity contribution in [1.29, 1.82) is 0 Å². The van der Waals surface area contributed by atoms with E-state index in [1.54, 1.807) is 7.11 Å². The Labute approximate surface area is 163 Å². The number of rotatable bonds is 6. The van der Waals surface area contributed by atoms with Gasteiger partial charge in [0.05, 0.1) is 13.7 Å². The standard InChI is InChI=1S/C25H30O2/c1-3-4-20-7-9-23(10-8-20)19-27-25-17-13-22(14-18-25)6-5-21-11-15-24(26-2)16-12-21/h11-18,20,23H,3-4,7-10,19H2,1-2H3/t20-,23-. The molecule has 0 spiro atoms. The highest BCUT2D eigenvalue weighted by molar-refractivity contribution is 5.45. The van der Waals surface area contributed by atoms with Crippen LogP contribution in [0.25, 0.3) is 0 Å². The van der Waals surface area contributed by atoms with Crippen molar-refractivity contribution in [3.63, 3.8) is 0 Å². The van der Waals surface area contributed by atoms with E-state index in [4.69, 9.17) is 9.47 Å². The first kappa shape index (κ1) is 19.4. The van der Waals surface area contributed by atoms with Crippen molar-refractivity contribution < 1.29 is 9.47 Å². The summed E-state index contributed by atoms with van der Waals surface area (Å²) in [5, 5.41) is 0. The summed E-state index contributed by atoms with van der Waals surface area (Å²) < 4.78 is 11.2. The number of hydrogen-bond acceptors (Lipinski definition) is 2. The molecule has 0 unspecified atom stereocenters. The fourth-order valence-electron chi connectivity index (χ4n) is 3.76. The van der Waals surface area contributed by atoms with Crippen molar-refractivity contribution >= 4 is 0 Å². The Hall–Kier alpha value is -2.40. The van der Waals surface area contributed by atoms with Gasteiger partial charge in [-0.15, -0.1) is 0 Å². The van der Waals surface area contributed by atoms with E-state index in [1.165, 1.54) is 38.5 Å². The third-order valence-electron chi connectivity index (χ3n) is 5.44. The highest BCUT2D eigenvalue weighted by Gasteiger charge is 2.20. The summed E-state index contributed by atoms with van der Waals surface area (Å²) in [6.07, 6.45) is 8.10. The summed E-state index contributed by atoms with van der Waals surface area (Å²) in [5.41, 5.74) is 1.98. The van der Waals surface area contributed by atoms with Crippen LogP contribution in [0.5, 0.6) is 11.5 Å². The van der Waals surface area contributed by atoms with Gasteiger partial charge in [0.2, 0.25) is 0 Å². The summed E-state index contributed by atoms with van der Waals surface area (Å²) in [6, 6.07) is 15.9. The second-order valence-corrected chi connectivity index (χ2v) is 7.49. The minimum atomic E-state index is 0.715. The molecule has 2 nitrogen and oxygen atoms in total. The van der Waals surface area contributed by atoms with Gasteiger partial charge in [0.25, 0.3) is 0 Å². The van der Waals surface area contributed by atoms with Crippen LogP contribution in [-0.4, -0.2) is 13.7 Å². The molecule has 0 saturated heterocycles. The fraction of sp³-hybridized carbons (Fsp3) is 0.440. The molecule has 1 saturated carbocycles. The van der Waals surface area contributed by atoms with Gasteiger partial charge in [0, 0.05) is 11.1 Å². The van der Waals surface area contributed by atoms with Crippen LogP contribution in [0.15, 0.2) is 48.5 Å². The monoisotopic (exact) mass is 362 g/mol. The molecule has 2 heteroatoms. The molecule has 2 aromatic rings. The molecule has 0 aromatic heterocycles. The van der Waals surface area contributed by atoms with Crippen molar-refractivity contribution in [3.05, 3.63) is 59.7 Å². The summed E-state index contributed by atoms with van der Waals surface area (Å²) in [7, 11) is 1.67. The summed E-state index contributed by atoms with van der Waals surface area (Å²) in [6.45, 7) is 3.13. The summed E-state index contributed by atoms with van der Waals surface area (Å²) >= 11 is 0. The normalized spacial score (nSPS) is 19.0. The van der Waals surface area contributed by atoms with Gasteiger partial charge in [0.15, 0.2) is 0 Å². The highest BCUT2D eigenvalue weighted by Crippen LogP contribution is 2.31. The third-order valence-corrected chi connectivity index (χ3v) is 5.44. The van der Waals surface area contributed by atoms with Crippen LogP contribution in [0.1, 0.15) is 56.6 Å². The zero-order valence-electron chi connectivity index (χ0n) is 16.5. The first-order valence-electron chi connectivity index (χ1n) is 10.2. The van der Waals surface area contributed by atoms with Crippen LogP contribution in [0.3, 0.4) is 0 Å². The predicted octanol–water partition coefficient (Wildman–Crippen LogP) is 6.08. The van der Waals surface area contributed by atoms with Crippen molar-refractivity contribution in [2.75, 3.05) is 13.7 Å². The Morgan fingerprint density at radius 2 is 1.30 bits per heavy atom. The predicted molar refractivity (Wildman–Crippen MR) is 111 cm³/mol. The topological polar surface area (TPSA) is 18.5 Å². The lowest BCUT2D eigenvalue weighted by Crippen LogP contribution is -2.20. The van der Waals surface area contributed by atoms with Gasteiger partial charge in [-0.1, -0.05) is 44.4 Å². The molecule has 3 rings (SSSR count). The maximum Gasteiger partial charge on any atom is 0.119 e. The molecule has 0 radical (unpaired) electrons. The lowest BCUT2D eigenvalue weighted by molar-refractivity contribution is 0.178. The van der Waals surface area contributed by atoms with Gasteiger partial charge in [-0.05, 0) is 73.2 Å². The largest absolute Gasteiger partial charge is 0.497 e. The quantitative estimate of drug-likeness (QED) is 0.580. The molecule has 142 valence electrons. The molecule has 0 atom stereocenters. The molecule has 0 amide bonds. The number of ether oxygens (including phenoxy) is 2. The lowest BCUT2D eigenvalue weighted by atomic mass is 9.80. The van der Waals surface area contributed by atoms with Crippen molar-refractivity contribution in [2.24, 2.45) is 11.8 Å². The van der Waals surface area contributed by atoms with Crippen LogP contribution in [0.2, 0.25) is 0 Å². The minimum absolute atomic E-state index is 0.715. The molecule has 1 aliphatic rings. The minimum Gasteiger partial charge on any atom is -0.497 e. The van der Waals surface area contributed by atoms with Gasteiger partial charge in [-0.2, -0.15) is 0 Å². The van der Waals surface area contributed by atoms with Crippen molar-refractivity contribution in [3.8, 4) is 23.3 Å². The number of benzene rings is 2. The molecular weight excluding hydrogens is 332 g/mol. The number of hydrogen-bond donors (Lipinski definition) is 0. The SMILES string of the molecule is CCC[C@H]1CC[C@H](COc2ccc(C#Cc3ccc(OC)cc3)cc2)CC1. The third kappa shape index (κ3) is 6.07. The average molecular weight is 363 g/mol. The molecular formula is C25H30O2. The van der Waals surface area contributed by atoms with E-state index in [1.807, 2.05) is 48.5 Å². The Morgan fingerprint density at radius 3 is 1.81 bits per heavy atom. The van der Waals surface area contributed by atoms with Crippen LogP contribution in [0.4, 0.5) is 0 Å². The van der Waals surface area contributed by atoms with Crippen LogP contribution in [-0.2, 0) is 0 Å². The average Bonchev–Trinajstić information content (AvgIpc) is 2.73. The highest BCUT2D eigenvalue weighted by atomic mass is 16.5. The van der Waals surface area contributed by atoms with E-state index in [0.29, 0.717) is 5.92 Å². The molecule has 0 heterocycles. The second-order valence-electron chi connectivity index (χ2n) is 7.49. The fourth-order valence-corrected chi connectivity index (χ4v) is 3.76. The molecule has 2 aromatic carbocycles. The summed E-state index contributed by atoms with van der Waals surface area (Å²) in [4.78, 5) is 0. The Balaban J connectivity index is 1.47. The zero-order valence-corrected chi connectivity index (χ0v) is 16.5. The van der Waals surface area contributed by atoms with Gasteiger partial charge < -0.3 is 9.47 Å². The Morgan fingerprint density at radius 1 is 0.778 bits per heavy atom. The van der Waals surface area contributed by atoms with Crippen LogP contribution < -0.4 is 9.47 Å². The van der Waals surface area contributed by atoms with Crippen LogP contribution >= 0.6 is 0 Å². The Bertz CT molecular complexity index is 742. The molecule has 0 N–H and O–H groups in total. The van der Waals surface area contributed by atoms with E-state index in [9.17, 15) is 0 Å². The molecule has 0 aliphatic heterocycles. The first-order valence-corrected chi connectivity index (χ1v) is 10.2. The van der Waals surface area contributed by atoms with Crippen molar-refractivity contribution in [1.82, 2.24) is 0 Å². The first-order chi connectivity index (χ1) is 13.3. The molecule has 1 fully saturated rings. The van der Waals surface area contributed by atoms with Gasteiger partial charge >= 0.3 is 0 Å². The van der Waals surface area contributed by atoms with E-state index in [2.05, 4.69) is 18.8 Å². The maximum absolute atomic E-state index is 6.02. The van der Waals surface area contributed by atoms with Crippen molar-refractivity contribution in [2.45, 2.75) is 45.4 Å². The molecule has 1 aliphatic carbocycles. The maximum atomic E-state index is 6.02. The van der Waals surface area contributed by atoms with E-state index in [0.717, 1.165) is 35.2 Å². The molecule has 0 bridgehead atoms. The number of methoxy groups -OCH3 is 1. The van der Waals surface area contributed by atoms with E-state index < -0.39 is 0 Å². The van der Waals surface area contributed by atoms with Crippen LogP contribution in [0, 0.1) is 23.7 Å². The molecule has 27 heavy (non-hydrogen) atoms. The lowest BCUT2D eigenvalue weighted by Gasteiger charge is -2.28. The zero-order chi connectivity index (χ0) is 18.9. The van der Waals surface area contributed by atoms with Gasteiger partial charge in [-0.3, -0.25) is 0 Å². The van der Waals surface area contributed by atoms with Gasteiger partial charge in [0.1, 0.15) is 11.5 Å². The van der Waals surface area contributed by atoms with Gasteiger partial charge in [-0.25, -0.2) is 0 Å². The van der Waals surface area contributed by atoms with E-state index >= 15 is 0 Å².